The molecule has 7 heteroatoms. The van der Waals surface area contributed by atoms with Crippen molar-refractivity contribution in [2.75, 3.05) is 19.6 Å². The Kier molecular flexibility index (Phi) is 4.24. The molecule has 0 radical (unpaired) electrons. The first kappa shape index (κ1) is 16.3. The van der Waals surface area contributed by atoms with Crippen LogP contribution in [0.2, 0.25) is 5.15 Å². The van der Waals surface area contributed by atoms with Gasteiger partial charge in [-0.2, -0.15) is 4.31 Å². The number of nitrogens with one attached hydrogen (secondary N) is 1. The first-order valence-corrected chi connectivity index (χ1v) is 10.1. The van der Waals surface area contributed by atoms with Crippen LogP contribution in [0.25, 0.3) is 10.8 Å². The second-order valence-corrected chi connectivity index (χ2v) is 8.92. The summed E-state index contributed by atoms with van der Waals surface area (Å²) in [5, 5.41) is 5.13. The number of aromatic nitrogens is 1. The van der Waals surface area contributed by atoms with E-state index in [0.29, 0.717) is 29.0 Å². The zero-order chi connectivity index (χ0) is 16.7. The minimum atomic E-state index is -3.57. The molecule has 2 heterocycles. The van der Waals surface area contributed by atoms with E-state index < -0.39 is 10.0 Å². The fourth-order valence-corrected chi connectivity index (χ4v) is 5.10. The van der Waals surface area contributed by atoms with Crippen LogP contribution >= 0.6 is 11.6 Å². The fourth-order valence-electron chi connectivity index (χ4n) is 3.25. The molecule has 1 aromatic carbocycles. The molecule has 1 aliphatic heterocycles. The van der Waals surface area contributed by atoms with Gasteiger partial charge in [0.05, 0.1) is 0 Å². The predicted octanol–water partition coefficient (Wildman–Crippen LogP) is 2.65. The Morgan fingerprint density at radius 1 is 1.21 bits per heavy atom. The van der Waals surface area contributed by atoms with E-state index in [1.165, 1.54) is 19.0 Å². The number of sulfonamides is 1. The third-order valence-electron chi connectivity index (χ3n) is 4.87. The standard InChI is InChI=1S/C17H20ClN3O2S/c18-17-15-4-2-1-3-14(15)16(10-20-17)24(22,23)21-8-7-13(11-21)19-9-12-5-6-12/h1-4,10,12-13,19H,5-9,11H2/t13-/m1/s1. The van der Waals surface area contributed by atoms with Crippen LogP contribution in [0, 0.1) is 5.92 Å². The molecule has 2 fully saturated rings. The first-order chi connectivity index (χ1) is 11.6. The SMILES string of the molecule is O=S(=O)(c1cnc(Cl)c2ccccc12)N1CC[C@@H](NCC2CC2)C1. The van der Waals surface area contributed by atoms with Gasteiger partial charge >= 0.3 is 0 Å². The zero-order valence-electron chi connectivity index (χ0n) is 13.3. The van der Waals surface area contributed by atoms with Crippen LogP contribution < -0.4 is 5.32 Å². The van der Waals surface area contributed by atoms with Gasteiger partial charge in [-0.05, 0) is 31.7 Å². The maximum Gasteiger partial charge on any atom is 0.245 e. The highest BCUT2D eigenvalue weighted by atomic mass is 35.5. The van der Waals surface area contributed by atoms with Crippen LogP contribution in [-0.4, -0.2) is 43.4 Å². The number of benzene rings is 1. The molecule has 2 aromatic rings. The van der Waals surface area contributed by atoms with E-state index in [9.17, 15) is 8.42 Å². The molecule has 1 atom stereocenters. The lowest BCUT2D eigenvalue weighted by atomic mass is 10.2. The largest absolute Gasteiger partial charge is 0.312 e. The molecule has 1 aromatic heterocycles. The van der Waals surface area contributed by atoms with Crippen LogP contribution in [0.4, 0.5) is 0 Å². The van der Waals surface area contributed by atoms with Crippen molar-refractivity contribution in [2.24, 2.45) is 5.92 Å². The summed E-state index contributed by atoms with van der Waals surface area (Å²) in [5.41, 5.74) is 0. The lowest BCUT2D eigenvalue weighted by Gasteiger charge is -2.18. The molecule has 1 aliphatic carbocycles. The lowest BCUT2D eigenvalue weighted by molar-refractivity contribution is 0.454. The normalized spacial score (nSPS) is 22.3. The molecule has 0 spiro atoms. The molecule has 1 saturated carbocycles. The summed E-state index contributed by atoms with van der Waals surface area (Å²) in [6, 6.07) is 7.48. The topological polar surface area (TPSA) is 62.3 Å². The Hall–Kier alpha value is -1.21. The van der Waals surface area contributed by atoms with Crippen LogP contribution in [0.15, 0.2) is 35.4 Å². The Bertz CT molecular complexity index is 867. The summed E-state index contributed by atoms with van der Waals surface area (Å²) in [4.78, 5) is 4.32. The number of hydrogen-bond acceptors (Lipinski definition) is 4. The first-order valence-electron chi connectivity index (χ1n) is 8.32. The summed E-state index contributed by atoms with van der Waals surface area (Å²) >= 11 is 6.11. The van der Waals surface area contributed by atoms with E-state index in [1.807, 2.05) is 12.1 Å². The molecular weight excluding hydrogens is 346 g/mol. The second kappa shape index (κ2) is 6.26. The van der Waals surface area contributed by atoms with Crippen LogP contribution in [-0.2, 0) is 10.0 Å². The molecule has 2 aliphatic rings. The molecule has 0 bridgehead atoms. The van der Waals surface area contributed by atoms with E-state index in [1.54, 1.807) is 16.4 Å². The molecule has 5 nitrogen and oxygen atoms in total. The van der Waals surface area contributed by atoms with Crippen molar-refractivity contribution < 1.29 is 8.42 Å². The zero-order valence-corrected chi connectivity index (χ0v) is 14.9. The van der Waals surface area contributed by atoms with Gasteiger partial charge in [-0.1, -0.05) is 35.9 Å². The van der Waals surface area contributed by atoms with E-state index in [2.05, 4.69) is 10.3 Å². The fraction of sp³-hybridized carbons (Fsp3) is 0.471. The summed E-state index contributed by atoms with van der Waals surface area (Å²) < 4.78 is 27.7. The Labute approximate surface area is 147 Å². The number of pyridine rings is 1. The van der Waals surface area contributed by atoms with Crippen LogP contribution in [0.5, 0.6) is 0 Å². The van der Waals surface area contributed by atoms with Gasteiger partial charge in [0, 0.05) is 36.1 Å². The predicted molar refractivity (Wildman–Crippen MR) is 94.6 cm³/mol. The molecule has 128 valence electrons. The van der Waals surface area contributed by atoms with Gasteiger partial charge in [0.25, 0.3) is 0 Å². The minimum Gasteiger partial charge on any atom is -0.312 e. The molecule has 1 N–H and O–H groups in total. The summed E-state index contributed by atoms with van der Waals surface area (Å²) in [6.07, 6.45) is 4.82. The molecule has 0 amide bonds. The Morgan fingerprint density at radius 3 is 2.71 bits per heavy atom. The third-order valence-corrected chi connectivity index (χ3v) is 7.06. The van der Waals surface area contributed by atoms with Gasteiger partial charge in [0.1, 0.15) is 10.0 Å². The Morgan fingerprint density at radius 2 is 1.96 bits per heavy atom. The van der Waals surface area contributed by atoms with E-state index >= 15 is 0 Å². The molecule has 1 saturated heterocycles. The molecule has 4 rings (SSSR count). The van der Waals surface area contributed by atoms with E-state index in [-0.39, 0.29) is 10.9 Å². The van der Waals surface area contributed by atoms with Crippen LogP contribution in [0.3, 0.4) is 0 Å². The average molecular weight is 366 g/mol. The quantitative estimate of drug-likeness (QED) is 0.827. The van der Waals surface area contributed by atoms with E-state index in [4.69, 9.17) is 11.6 Å². The monoisotopic (exact) mass is 365 g/mol. The van der Waals surface area contributed by atoms with E-state index in [0.717, 1.165) is 18.9 Å². The molecule has 24 heavy (non-hydrogen) atoms. The van der Waals surface area contributed by atoms with Crippen molar-refractivity contribution in [1.82, 2.24) is 14.6 Å². The highest BCUT2D eigenvalue weighted by Crippen LogP contribution is 2.31. The summed E-state index contributed by atoms with van der Waals surface area (Å²) in [5.74, 6) is 0.792. The van der Waals surface area contributed by atoms with Crippen molar-refractivity contribution in [3.8, 4) is 0 Å². The van der Waals surface area contributed by atoms with Crippen molar-refractivity contribution in [1.29, 1.82) is 0 Å². The van der Waals surface area contributed by atoms with Crippen LogP contribution in [0.1, 0.15) is 19.3 Å². The van der Waals surface area contributed by atoms with Crippen molar-refractivity contribution in [2.45, 2.75) is 30.2 Å². The van der Waals surface area contributed by atoms with Crippen molar-refractivity contribution >= 4 is 32.4 Å². The average Bonchev–Trinajstić information content (AvgIpc) is 3.28. The van der Waals surface area contributed by atoms with Crippen molar-refractivity contribution in [3.05, 3.63) is 35.6 Å². The summed E-state index contributed by atoms with van der Waals surface area (Å²) in [6.45, 7) is 2.07. The summed E-state index contributed by atoms with van der Waals surface area (Å²) in [7, 11) is -3.57. The number of hydrogen-bond donors (Lipinski definition) is 1. The number of halogens is 1. The van der Waals surface area contributed by atoms with Gasteiger partial charge in [-0.15, -0.1) is 0 Å². The van der Waals surface area contributed by atoms with Gasteiger partial charge < -0.3 is 5.32 Å². The number of nitrogens with zero attached hydrogens (tertiary/aromatic N) is 2. The smallest absolute Gasteiger partial charge is 0.245 e. The van der Waals surface area contributed by atoms with Gasteiger partial charge in [0.2, 0.25) is 10.0 Å². The Balaban J connectivity index is 1.60. The van der Waals surface area contributed by atoms with Gasteiger partial charge in [0.15, 0.2) is 0 Å². The third kappa shape index (κ3) is 3.04. The lowest BCUT2D eigenvalue weighted by Crippen LogP contribution is -2.36. The second-order valence-electron chi connectivity index (χ2n) is 6.66. The number of fused-ring (bicyclic) bond motifs is 1. The van der Waals surface area contributed by atoms with Crippen molar-refractivity contribution in [3.63, 3.8) is 0 Å². The molecular formula is C17H20ClN3O2S. The maximum absolute atomic E-state index is 13.1. The maximum atomic E-state index is 13.1. The highest BCUT2D eigenvalue weighted by molar-refractivity contribution is 7.89. The minimum absolute atomic E-state index is 0.241. The number of rotatable bonds is 5. The molecule has 0 unspecified atom stereocenters. The highest BCUT2D eigenvalue weighted by Gasteiger charge is 2.34. The van der Waals surface area contributed by atoms with Gasteiger partial charge in [-0.3, -0.25) is 0 Å². The van der Waals surface area contributed by atoms with Gasteiger partial charge in [-0.25, -0.2) is 13.4 Å².